The fraction of sp³-hybridized carbons (Fsp3) is 0.571. The minimum atomic E-state index is 0.121. The molecule has 1 unspecified atom stereocenters. The van der Waals surface area contributed by atoms with Crippen LogP contribution in [0.1, 0.15) is 31.9 Å². The second-order valence-electron chi connectivity index (χ2n) is 4.86. The van der Waals surface area contributed by atoms with E-state index >= 15 is 0 Å². The highest BCUT2D eigenvalue weighted by atomic mass is 16.3. The number of aliphatic hydroxyl groups excluding tert-OH is 1. The van der Waals surface area contributed by atoms with E-state index in [2.05, 4.69) is 44.9 Å². The summed E-state index contributed by atoms with van der Waals surface area (Å²) in [6, 6.07) is 6.75. The van der Waals surface area contributed by atoms with Crippen molar-refractivity contribution in [2.24, 2.45) is 5.92 Å². The molecule has 2 nitrogen and oxygen atoms in total. The first kappa shape index (κ1) is 13.0. The lowest BCUT2D eigenvalue weighted by Gasteiger charge is -2.30. The van der Waals surface area contributed by atoms with E-state index in [4.69, 9.17) is 5.11 Å². The van der Waals surface area contributed by atoms with Crippen LogP contribution < -0.4 is 4.90 Å². The zero-order chi connectivity index (χ0) is 12.3. The smallest absolute Gasteiger partial charge is 0.0684 e. The van der Waals surface area contributed by atoms with Gasteiger partial charge in [-0.25, -0.2) is 0 Å². The molecule has 1 aromatic carbocycles. The zero-order valence-corrected chi connectivity index (χ0v) is 11.0. The Kier molecular flexibility index (Phi) is 4.36. The van der Waals surface area contributed by atoms with Crippen LogP contribution >= 0.6 is 0 Å². The van der Waals surface area contributed by atoms with Crippen LogP contribution in [0.4, 0.5) is 5.69 Å². The summed E-state index contributed by atoms with van der Waals surface area (Å²) in [5.41, 5.74) is 3.38. The second kappa shape index (κ2) is 5.35. The van der Waals surface area contributed by atoms with Crippen LogP contribution in [0.25, 0.3) is 0 Å². The Morgan fingerprint density at radius 2 is 1.88 bits per heavy atom. The predicted molar refractivity (Wildman–Crippen MR) is 69.8 cm³/mol. The van der Waals surface area contributed by atoms with Gasteiger partial charge in [0.05, 0.1) is 6.61 Å². The molecule has 1 atom stereocenters. The van der Waals surface area contributed by atoms with Gasteiger partial charge in [0.1, 0.15) is 0 Å². The summed E-state index contributed by atoms with van der Waals surface area (Å²) < 4.78 is 0. The van der Waals surface area contributed by atoms with E-state index in [1.54, 1.807) is 0 Å². The van der Waals surface area contributed by atoms with Crippen molar-refractivity contribution in [2.75, 3.05) is 11.9 Å². The molecule has 1 N–H and O–H groups in total. The maximum absolute atomic E-state index is 9.13. The summed E-state index contributed by atoms with van der Waals surface area (Å²) in [5.74, 6) is 0.628. The first-order chi connectivity index (χ1) is 7.47. The van der Waals surface area contributed by atoms with E-state index in [0.29, 0.717) is 12.0 Å². The van der Waals surface area contributed by atoms with Gasteiger partial charge in [-0.2, -0.15) is 0 Å². The number of anilines is 1. The molecular formula is C14H23NO. The van der Waals surface area contributed by atoms with E-state index in [0.717, 1.165) is 11.1 Å². The summed E-state index contributed by atoms with van der Waals surface area (Å²) >= 11 is 0. The molecule has 0 heterocycles. The molecule has 90 valence electrons. The normalized spacial score (nSPS) is 12.9. The fourth-order valence-corrected chi connectivity index (χ4v) is 1.76. The van der Waals surface area contributed by atoms with Crippen LogP contribution in [0.3, 0.4) is 0 Å². The van der Waals surface area contributed by atoms with Gasteiger partial charge in [0.15, 0.2) is 0 Å². The summed E-state index contributed by atoms with van der Waals surface area (Å²) in [5, 5.41) is 9.13. The number of benzene rings is 1. The average Bonchev–Trinajstić information content (AvgIpc) is 2.26. The Bertz CT molecular complexity index is 347. The lowest BCUT2D eigenvalue weighted by Crippen LogP contribution is -2.33. The Morgan fingerprint density at radius 1 is 1.25 bits per heavy atom. The number of nitrogens with zero attached hydrogens (tertiary/aromatic N) is 1. The summed E-state index contributed by atoms with van der Waals surface area (Å²) in [6.07, 6.45) is 0. The SMILES string of the molecule is Cc1cc(N(C)C(C)C(C)C)ccc1CO. The van der Waals surface area contributed by atoms with Crippen LogP contribution in [-0.2, 0) is 6.61 Å². The highest BCUT2D eigenvalue weighted by Gasteiger charge is 2.14. The Balaban J connectivity index is 2.92. The van der Waals surface area contributed by atoms with Crippen molar-refractivity contribution < 1.29 is 5.11 Å². The average molecular weight is 221 g/mol. The van der Waals surface area contributed by atoms with Crippen molar-refractivity contribution in [3.63, 3.8) is 0 Å². The van der Waals surface area contributed by atoms with Gasteiger partial charge in [0.2, 0.25) is 0 Å². The molecule has 0 amide bonds. The number of rotatable bonds is 4. The summed E-state index contributed by atoms with van der Waals surface area (Å²) in [7, 11) is 2.12. The number of hydrogen-bond acceptors (Lipinski definition) is 2. The Morgan fingerprint density at radius 3 is 2.31 bits per heavy atom. The van der Waals surface area contributed by atoms with Gasteiger partial charge in [-0.05, 0) is 43.0 Å². The molecule has 1 aromatic rings. The highest BCUT2D eigenvalue weighted by Crippen LogP contribution is 2.22. The minimum Gasteiger partial charge on any atom is -0.392 e. The molecule has 0 saturated heterocycles. The molecule has 0 aliphatic rings. The summed E-state index contributed by atoms with van der Waals surface area (Å²) in [6.45, 7) is 8.87. The van der Waals surface area contributed by atoms with Crippen LogP contribution in [-0.4, -0.2) is 18.2 Å². The Hall–Kier alpha value is -1.02. The maximum atomic E-state index is 9.13. The molecular weight excluding hydrogens is 198 g/mol. The van der Waals surface area contributed by atoms with E-state index in [1.807, 2.05) is 13.0 Å². The number of hydrogen-bond donors (Lipinski definition) is 1. The van der Waals surface area contributed by atoms with Crippen LogP contribution in [0.2, 0.25) is 0 Å². The molecule has 0 aliphatic heterocycles. The van der Waals surface area contributed by atoms with Crippen molar-refractivity contribution in [2.45, 2.75) is 40.3 Å². The molecule has 1 rings (SSSR count). The van der Waals surface area contributed by atoms with E-state index in [1.165, 1.54) is 5.69 Å². The topological polar surface area (TPSA) is 23.5 Å². The van der Waals surface area contributed by atoms with Gasteiger partial charge in [-0.3, -0.25) is 0 Å². The maximum Gasteiger partial charge on any atom is 0.0684 e. The molecule has 2 heteroatoms. The molecule has 0 bridgehead atoms. The van der Waals surface area contributed by atoms with Crippen molar-refractivity contribution in [1.29, 1.82) is 0 Å². The molecule has 0 saturated carbocycles. The van der Waals surface area contributed by atoms with Gasteiger partial charge in [0.25, 0.3) is 0 Å². The van der Waals surface area contributed by atoms with Crippen molar-refractivity contribution in [3.05, 3.63) is 29.3 Å². The highest BCUT2D eigenvalue weighted by molar-refractivity contribution is 5.50. The minimum absolute atomic E-state index is 0.121. The lowest BCUT2D eigenvalue weighted by molar-refractivity contribution is 0.281. The van der Waals surface area contributed by atoms with Crippen molar-refractivity contribution >= 4 is 5.69 Å². The number of aryl methyl sites for hydroxylation is 1. The van der Waals surface area contributed by atoms with Gasteiger partial charge >= 0.3 is 0 Å². The molecule has 0 spiro atoms. The van der Waals surface area contributed by atoms with Crippen LogP contribution in [0.15, 0.2) is 18.2 Å². The number of aliphatic hydroxyl groups is 1. The van der Waals surface area contributed by atoms with E-state index in [-0.39, 0.29) is 6.61 Å². The quantitative estimate of drug-likeness (QED) is 0.845. The first-order valence-corrected chi connectivity index (χ1v) is 5.90. The van der Waals surface area contributed by atoms with E-state index in [9.17, 15) is 0 Å². The molecule has 16 heavy (non-hydrogen) atoms. The second-order valence-corrected chi connectivity index (χ2v) is 4.86. The third-order valence-corrected chi connectivity index (χ3v) is 3.48. The fourth-order valence-electron chi connectivity index (χ4n) is 1.76. The van der Waals surface area contributed by atoms with Crippen LogP contribution in [0.5, 0.6) is 0 Å². The molecule has 0 aromatic heterocycles. The summed E-state index contributed by atoms with van der Waals surface area (Å²) in [4.78, 5) is 2.29. The third kappa shape index (κ3) is 2.76. The lowest BCUT2D eigenvalue weighted by atomic mass is 10.0. The van der Waals surface area contributed by atoms with Gasteiger partial charge in [-0.15, -0.1) is 0 Å². The third-order valence-electron chi connectivity index (χ3n) is 3.48. The standard InChI is InChI=1S/C14H23NO/c1-10(2)12(4)15(5)14-7-6-13(9-16)11(3)8-14/h6-8,10,12,16H,9H2,1-5H3. The predicted octanol–water partition coefficient (Wildman–Crippen LogP) is 2.97. The van der Waals surface area contributed by atoms with Gasteiger partial charge < -0.3 is 10.0 Å². The van der Waals surface area contributed by atoms with Crippen molar-refractivity contribution in [3.8, 4) is 0 Å². The molecule has 0 radical (unpaired) electrons. The van der Waals surface area contributed by atoms with Crippen molar-refractivity contribution in [1.82, 2.24) is 0 Å². The Labute approximate surface area is 98.9 Å². The molecule has 0 fully saturated rings. The zero-order valence-electron chi connectivity index (χ0n) is 11.0. The largest absolute Gasteiger partial charge is 0.392 e. The van der Waals surface area contributed by atoms with E-state index < -0.39 is 0 Å². The van der Waals surface area contributed by atoms with Gasteiger partial charge in [0, 0.05) is 18.8 Å². The van der Waals surface area contributed by atoms with Gasteiger partial charge in [-0.1, -0.05) is 19.9 Å². The monoisotopic (exact) mass is 221 g/mol. The molecule has 0 aliphatic carbocycles. The first-order valence-electron chi connectivity index (χ1n) is 5.90. The van der Waals surface area contributed by atoms with Crippen LogP contribution in [0, 0.1) is 12.8 Å².